The quantitative estimate of drug-likeness (QED) is 0.666. The molecule has 2 unspecified atom stereocenters. The standard InChI is InChI=1S/C12H25NO/c1-10(14)5-4-8-13-11-6-7-12(2,3)9-11/h10-11,13-14H,4-9H2,1-3H3. The molecule has 1 saturated carbocycles. The van der Waals surface area contributed by atoms with E-state index in [1.807, 2.05) is 6.92 Å². The van der Waals surface area contributed by atoms with E-state index in [0.29, 0.717) is 5.41 Å². The molecule has 0 bridgehead atoms. The lowest BCUT2D eigenvalue weighted by atomic mass is 9.92. The summed E-state index contributed by atoms with van der Waals surface area (Å²) in [5, 5.41) is 12.7. The van der Waals surface area contributed by atoms with E-state index in [4.69, 9.17) is 5.11 Å². The van der Waals surface area contributed by atoms with Gasteiger partial charge in [0.2, 0.25) is 0 Å². The predicted molar refractivity (Wildman–Crippen MR) is 60.3 cm³/mol. The van der Waals surface area contributed by atoms with E-state index < -0.39 is 0 Å². The van der Waals surface area contributed by atoms with Gasteiger partial charge >= 0.3 is 0 Å². The van der Waals surface area contributed by atoms with Crippen molar-refractivity contribution in [3.63, 3.8) is 0 Å². The average Bonchev–Trinajstić information content (AvgIpc) is 2.39. The third-order valence-corrected chi connectivity index (χ3v) is 3.20. The van der Waals surface area contributed by atoms with Crippen molar-refractivity contribution in [1.29, 1.82) is 0 Å². The van der Waals surface area contributed by atoms with E-state index in [1.165, 1.54) is 19.3 Å². The van der Waals surface area contributed by atoms with Gasteiger partial charge in [-0.25, -0.2) is 0 Å². The Bertz CT molecular complexity index is 166. The smallest absolute Gasteiger partial charge is 0.0512 e. The van der Waals surface area contributed by atoms with Crippen LogP contribution in [-0.2, 0) is 0 Å². The fourth-order valence-electron chi connectivity index (χ4n) is 2.31. The molecule has 1 aliphatic rings. The van der Waals surface area contributed by atoms with Crippen molar-refractivity contribution in [2.45, 2.75) is 65.0 Å². The molecule has 0 amide bonds. The van der Waals surface area contributed by atoms with Crippen molar-refractivity contribution in [2.75, 3.05) is 6.54 Å². The first kappa shape index (κ1) is 12.0. The van der Waals surface area contributed by atoms with E-state index in [1.54, 1.807) is 0 Å². The van der Waals surface area contributed by atoms with Crippen LogP contribution < -0.4 is 5.32 Å². The summed E-state index contributed by atoms with van der Waals surface area (Å²) in [5.74, 6) is 0. The molecule has 1 fully saturated rings. The highest BCUT2D eigenvalue weighted by Gasteiger charge is 2.30. The Kier molecular flexibility index (Phi) is 4.39. The summed E-state index contributed by atoms with van der Waals surface area (Å²) >= 11 is 0. The lowest BCUT2D eigenvalue weighted by Crippen LogP contribution is -2.28. The SMILES string of the molecule is CC(O)CCCNC1CCC(C)(C)C1. The highest BCUT2D eigenvalue weighted by atomic mass is 16.3. The fourth-order valence-corrected chi connectivity index (χ4v) is 2.31. The highest BCUT2D eigenvalue weighted by Crippen LogP contribution is 2.36. The molecule has 1 aliphatic carbocycles. The lowest BCUT2D eigenvalue weighted by Gasteiger charge is -2.18. The van der Waals surface area contributed by atoms with Crippen LogP contribution in [0.15, 0.2) is 0 Å². The first-order chi connectivity index (χ1) is 6.49. The van der Waals surface area contributed by atoms with Gasteiger partial charge in [0.15, 0.2) is 0 Å². The zero-order chi connectivity index (χ0) is 10.6. The molecule has 0 saturated heterocycles. The van der Waals surface area contributed by atoms with Crippen LogP contribution >= 0.6 is 0 Å². The Labute approximate surface area is 88.1 Å². The summed E-state index contributed by atoms with van der Waals surface area (Å²) in [6.07, 6.45) is 5.85. The zero-order valence-electron chi connectivity index (χ0n) is 9.84. The van der Waals surface area contributed by atoms with Crippen molar-refractivity contribution in [1.82, 2.24) is 5.32 Å². The van der Waals surface area contributed by atoms with E-state index in [2.05, 4.69) is 19.2 Å². The minimum atomic E-state index is -0.142. The molecule has 2 N–H and O–H groups in total. The number of aliphatic hydroxyl groups excluding tert-OH is 1. The second-order valence-electron chi connectivity index (χ2n) is 5.55. The maximum Gasteiger partial charge on any atom is 0.0512 e. The van der Waals surface area contributed by atoms with E-state index in [0.717, 1.165) is 25.4 Å². The van der Waals surface area contributed by atoms with Gasteiger partial charge in [-0.15, -0.1) is 0 Å². The molecule has 1 rings (SSSR count). The van der Waals surface area contributed by atoms with Gasteiger partial charge in [0.05, 0.1) is 6.10 Å². The van der Waals surface area contributed by atoms with Gasteiger partial charge in [-0.3, -0.25) is 0 Å². The van der Waals surface area contributed by atoms with Crippen LogP contribution in [0, 0.1) is 5.41 Å². The van der Waals surface area contributed by atoms with E-state index in [-0.39, 0.29) is 6.10 Å². The highest BCUT2D eigenvalue weighted by molar-refractivity contribution is 4.86. The summed E-state index contributed by atoms with van der Waals surface area (Å²) in [6.45, 7) is 7.62. The Morgan fingerprint density at radius 1 is 1.50 bits per heavy atom. The van der Waals surface area contributed by atoms with Crippen LogP contribution in [0.3, 0.4) is 0 Å². The number of nitrogens with one attached hydrogen (secondary N) is 1. The minimum absolute atomic E-state index is 0.142. The van der Waals surface area contributed by atoms with Crippen LogP contribution in [0.25, 0.3) is 0 Å². The molecular weight excluding hydrogens is 174 g/mol. The molecule has 2 heteroatoms. The monoisotopic (exact) mass is 199 g/mol. The minimum Gasteiger partial charge on any atom is -0.393 e. The third-order valence-electron chi connectivity index (χ3n) is 3.20. The van der Waals surface area contributed by atoms with Crippen LogP contribution in [0.4, 0.5) is 0 Å². The second kappa shape index (κ2) is 5.13. The normalized spacial score (nSPS) is 27.9. The number of hydrogen-bond acceptors (Lipinski definition) is 2. The van der Waals surface area contributed by atoms with Gasteiger partial charge in [0, 0.05) is 6.04 Å². The molecule has 0 heterocycles. The lowest BCUT2D eigenvalue weighted by molar-refractivity contribution is 0.180. The summed E-state index contributed by atoms with van der Waals surface area (Å²) < 4.78 is 0. The number of rotatable bonds is 5. The first-order valence-electron chi connectivity index (χ1n) is 5.91. The molecule has 14 heavy (non-hydrogen) atoms. The molecule has 0 radical (unpaired) electrons. The second-order valence-corrected chi connectivity index (χ2v) is 5.55. The Morgan fingerprint density at radius 2 is 2.21 bits per heavy atom. The van der Waals surface area contributed by atoms with Gasteiger partial charge in [0.1, 0.15) is 0 Å². The largest absolute Gasteiger partial charge is 0.393 e. The maximum absolute atomic E-state index is 9.10. The van der Waals surface area contributed by atoms with E-state index >= 15 is 0 Å². The molecule has 0 aromatic rings. The Morgan fingerprint density at radius 3 is 2.71 bits per heavy atom. The Balaban J connectivity index is 2.03. The maximum atomic E-state index is 9.10. The zero-order valence-corrected chi connectivity index (χ0v) is 9.84. The van der Waals surface area contributed by atoms with E-state index in [9.17, 15) is 0 Å². The number of hydrogen-bond donors (Lipinski definition) is 2. The predicted octanol–water partition coefficient (Wildman–Crippen LogP) is 2.32. The van der Waals surface area contributed by atoms with Crippen molar-refractivity contribution in [2.24, 2.45) is 5.41 Å². The molecule has 0 aromatic carbocycles. The van der Waals surface area contributed by atoms with Crippen molar-refractivity contribution in [3.8, 4) is 0 Å². The van der Waals surface area contributed by atoms with Gasteiger partial charge in [-0.05, 0) is 51.0 Å². The summed E-state index contributed by atoms with van der Waals surface area (Å²) in [4.78, 5) is 0. The van der Waals surface area contributed by atoms with Gasteiger partial charge in [-0.1, -0.05) is 13.8 Å². The van der Waals surface area contributed by atoms with Crippen molar-refractivity contribution in [3.05, 3.63) is 0 Å². The fraction of sp³-hybridized carbons (Fsp3) is 1.00. The molecule has 2 nitrogen and oxygen atoms in total. The van der Waals surface area contributed by atoms with Gasteiger partial charge in [0.25, 0.3) is 0 Å². The van der Waals surface area contributed by atoms with Crippen LogP contribution in [-0.4, -0.2) is 23.8 Å². The van der Waals surface area contributed by atoms with Crippen LogP contribution in [0.2, 0.25) is 0 Å². The summed E-state index contributed by atoms with van der Waals surface area (Å²) in [5.41, 5.74) is 0.544. The van der Waals surface area contributed by atoms with Crippen LogP contribution in [0.1, 0.15) is 52.9 Å². The van der Waals surface area contributed by atoms with Crippen molar-refractivity contribution >= 4 is 0 Å². The third kappa shape index (κ3) is 4.43. The average molecular weight is 199 g/mol. The molecule has 2 atom stereocenters. The molecule has 0 aliphatic heterocycles. The summed E-state index contributed by atoms with van der Waals surface area (Å²) in [6, 6.07) is 0.721. The molecule has 0 spiro atoms. The Hall–Kier alpha value is -0.0800. The van der Waals surface area contributed by atoms with Crippen molar-refractivity contribution < 1.29 is 5.11 Å². The molecule has 0 aromatic heterocycles. The van der Waals surface area contributed by atoms with Crippen LogP contribution in [0.5, 0.6) is 0 Å². The molecule has 84 valence electrons. The topological polar surface area (TPSA) is 32.3 Å². The molecular formula is C12H25NO. The van der Waals surface area contributed by atoms with Gasteiger partial charge in [-0.2, -0.15) is 0 Å². The van der Waals surface area contributed by atoms with Gasteiger partial charge < -0.3 is 10.4 Å². The number of aliphatic hydroxyl groups is 1. The summed E-state index contributed by atoms with van der Waals surface area (Å²) in [7, 11) is 0. The first-order valence-corrected chi connectivity index (χ1v) is 5.91.